The van der Waals surface area contributed by atoms with E-state index >= 15 is 0 Å². The van der Waals surface area contributed by atoms with Crippen molar-refractivity contribution in [3.8, 4) is 0 Å². The largest absolute Gasteiger partial charge is 0.303 e. The number of rotatable bonds is 4. The van der Waals surface area contributed by atoms with Crippen molar-refractivity contribution in [2.24, 2.45) is 11.8 Å². The van der Waals surface area contributed by atoms with Crippen LogP contribution in [0.4, 0.5) is 0 Å². The molecule has 0 N–H and O–H groups in total. The molecule has 1 aliphatic rings. The third kappa shape index (κ3) is 4.16. The fraction of sp³-hybridized carbons (Fsp3) is 0.733. The Hall–Kier alpha value is -1.16. The molecule has 0 radical (unpaired) electrons. The van der Waals surface area contributed by atoms with Crippen molar-refractivity contribution >= 4 is 0 Å². The molecule has 1 aromatic heterocycles. The number of piperidine rings is 1. The summed E-state index contributed by atoms with van der Waals surface area (Å²) in [5.74, 6) is 1.33. The summed E-state index contributed by atoms with van der Waals surface area (Å²) in [7, 11) is 0. The lowest BCUT2D eigenvalue weighted by atomic mass is 9.96. The van der Waals surface area contributed by atoms with Gasteiger partial charge in [-0.3, -0.25) is 4.79 Å². The van der Waals surface area contributed by atoms with Crippen molar-refractivity contribution in [3.05, 3.63) is 28.2 Å². The monoisotopic (exact) mass is 263 g/mol. The first kappa shape index (κ1) is 14.3. The topological polar surface area (TPSA) is 38.1 Å². The molecule has 0 spiro atoms. The molecule has 0 unspecified atom stereocenters. The second-order valence-electron chi connectivity index (χ2n) is 6.13. The van der Waals surface area contributed by atoms with E-state index in [1.165, 1.54) is 19.4 Å². The van der Waals surface area contributed by atoms with Crippen LogP contribution in [0.1, 0.15) is 32.4 Å². The summed E-state index contributed by atoms with van der Waals surface area (Å²) in [6.07, 6.45) is 2.35. The third-order valence-corrected chi connectivity index (χ3v) is 3.76. The van der Waals surface area contributed by atoms with E-state index in [-0.39, 0.29) is 5.56 Å². The molecule has 0 saturated carbocycles. The van der Waals surface area contributed by atoms with Gasteiger partial charge in [-0.1, -0.05) is 13.8 Å². The van der Waals surface area contributed by atoms with Crippen LogP contribution in [0, 0.1) is 18.8 Å². The lowest BCUT2D eigenvalue weighted by Crippen LogP contribution is -2.38. The van der Waals surface area contributed by atoms with Gasteiger partial charge in [0.2, 0.25) is 0 Å². The highest BCUT2D eigenvalue weighted by Crippen LogP contribution is 2.19. The molecule has 0 amide bonds. The van der Waals surface area contributed by atoms with E-state index in [9.17, 15) is 4.79 Å². The molecule has 1 aliphatic heterocycles. The van der Waals surface area contributed by atoms with Crippen LogP contribution in [0.15, 0.2) is 16.9 Å². The number of aromatic nitrogens is 2. The Balaban J connectivity index is 1.89. The first-order valence-electron chi connectivity index (χ1n) is 7.31. The Labute approximate surface area is 115 Å². The second-order valence-corrected chi connectivity index (χ2v) is 6.13. The first-order valence-corrected chi connectivity index (χ1v) is 7.31. The predicted octanol–water partition coefficient (Wildman–Crippen LogP) is 1.92. The quantitative estimate of drug-likeness (QED) is 0.833. The van der Waals surface area contributed by atoms with Gasteiger partial charge in [0.25, 0.3) is 5.56 Å². The Bertz CT molecular complexity index is 459. The van der Waals surface area contributed by atoms with E-state index in [0.29, 0.717) is 5.92 Å². The fourth-order valence-corrected chi connectivity index (χ4v) is 2.79. The molecule has 0 aromatic carbocycles. The molecule has 0 aliphatic carbocycles. The summed E-state index contributed by atoms with van der Waals surface area (Å²) in [5.41, 5.74) is 0.937. The summed E-state index contributed by atoms with van der Waals surface area (Å²) < 4.78 is 1.64. The minimum Gasteiger partial charge on any atom is -0.303 e. The van der Waals surface area contributed by atoms with E-state index in [1.54, 1.807) is 16.8 Å². The maximum absolute atomic E-state index is 11.7. The molecular formula is C15H25N3O. The molecule has 1 saturated heterocycles. The average Bonchev–Trinajstić information content (AvgIpc) is 2.35. The van der Waals surface area contributed by atoms with Gasteiger partial charge >= 0.3 is 0 Å². The molecule has 1 fully saturated rings. The molecule has 0 atom stereocenters. The Morgan fingerprint density at radius 1 is 1.32 bits per heavy atom. The van der Waals surface area contributed by atoms with Gasteiger partial charge in [0.05, 0.1) is 5.69 Å². The van der Waals surface area contributed by atoms with Gasteiger partial charge in [-0.05, 0) is 50.8 Å². The average molecular weight is 263 g/mol. The zero-order valence-electron chi connectivity index (χ0n) is 12.3. The molecule has 2 heterocycles. The minimum atomic E-state index is 0.0233. The van der Waals surface area contributed by atoms with Crippen LogP contribution in [0.2, 0.25) is 0 Å². The molecule has 1 aromatic rings. The molecule has 4 nitrogen and oxygen atoms in total. The van der Waals surface area contributed by atoms with Crippen LogP contribution >= 0.6 is 0 Å². The highest BCUT2D eigenvalue weighted by atomic mass is 16.1. The van der Waals surface area contributed by atoms with Gasteiger partial charge in [0.1, 0.15) is 0 Å². The summed E-state index contributed by atoms with van der Waals surface area (Å²) in [4.78, 5) is 14.3. The fourth-order valence-electron chi connectivity index (χ4n) is 2.79. The van der Waals surface area contributed by atoms with Crippen molar-refractivity contribution in [2.75, 3.05) is 19.6 Å². The van der Waals surface area contributed by atoms with Crippen molar-refractivity contribution in [2.45, 2.75) is 40.2 Å². The second kappa shape index (κ2) is 6.33. The van der Waals surface area contributed by atoms with Gasteiger partial charge in [-0.2, -0.15) is 5.10 Å². The molecule has 4 heteroatoms. The highest BCUT2D eigenvalue weighted by molar-refractivity contribution is 4.97. The molecule has 19 heavy (non-hydrogen) atoms. The van der Waals surface area contributed by atoms with Gasteiger partial charge in [-0.15, -0.1) is 0 Å². The Morgan fingerprint density at radius 2 is 2.00 bits per heavy atom. The van der Waals surface area contributed by atoms with Crippen LogP contribution in [0.25, 0.3) is 0 Å². The SMILES string of the molecule is Cc1ccc(=O)n(CC2CCN(CC(C)C)CC2)n1. The van der Waals surface area contributed by atoms with Gasteiger partial charge in [0.15, 0.2) is 0 Å². The maximum atomic E-state index is 11.7. The zero-order valence-corrected chi connectivity index (χ0v) is 12.3. The molecular weight excluding hydrogens is 238 g/mol. The number of nitrogens with zero attached hydrogens (tertiary/aromatic N) is 3. The summed E-state index contributed by atoms with van der Waals surface area (Å²) in [6, 6.07) is 3.40. The van der Waals surface area contributed by atoms with Gasteiger partial charge < -0.3 is 4.90 Å². The van der Waals surface area contributed by atoms with Crippen LogP contribution < -0.4 is 5.56 Å². The smallest absolute Gasteiger partial charge is 0.266 e. The van der Waals surface area contributed by atoms with Crippen LogP contribution in [0.3, 0.4) is 0 Å². The number of hydrogen-bond acceptors (Lipinski definition) is 3. The van der Waals surface area contributed by atoms with E-state index in [0.717, 1.165) is 31.2 Å². The van der Waals surface area contributed by atoms with Crippen LogP contribution in [0.5, 0.6) is 0 Å². The van der Waals surface area contributed by atoms with Crippen LogP contribution in [-0.2, 0) is 6.54 Å². The normalized spacial score (nSPS) is 18.1. The third-order valence-electron chi connectivity index (χ3n) is 3.76. The number of aryl methyl sites for hydroxylation is 1. The van der Waals surface area contributed by atoms with Gasteiger partial charge in [-0.25, -0.2) is 4.68 Å². The summed E-state index contributed by atoms with van der Waals surface area (Å²) in [5, 5.41) is 4.32. The van der Waals surface area contributed by atoms with Crippen molar-refractivity contribution in [1.82, 2.24) is 14.7 Å². The highest BCUT2D eigenvalue weighted by Gasteiger charge is 2.20. The van der Waals surface area contributed by atoms with E-state index < -0.39 is 0 Å². The van der Waals surface area contributed by atoms with Crippen molar-refractivity contribution in [3.63, 3.8) is 0 Å². The summed E-state index contributed by atoms with van der Waals surface area (Å²) in [6.45, 7) is 10.7. The van der Waals surface area contributed by atoms with Crippen molar-refractivity contribution < 1.29 is 0 Å². The van der Waals surface area contributed by atoms with Gasteiger partial charge in [0, 0.05) is 19.2 Å². The lowest BCUT2D eigenvalue weighted by Gasteiger charge is -2.32. The Morgan fingerprint density at radius 3 is 2.63 bits per heavy atom. The molecule has 2 rings (SSSR count). The predicted molar refractivity (Wildman–Crippen MR) is 77.2 cm³/mol. The number of likely N-dealkylation sites (tertiary alicyclic amines) is 1. The van der Waals surface area contributed by atoms with Crippen LogP contribution in [-0.4, -0.2) is 34.3 Å². The lowest BCUT2D eigenvalue weighted by molar-refractivity contribution is 0.155. The minimum absolute atomic E-state index is 0.0233. The van der Waals surface area contributed by atoms with E-state index in [4.69, 9.17) is 0 Å². The number of hydrogen-bond donors (Lipinski definition) is 0. The van der Waals surface area contributed by atoms with E-state index in [1.807, 2.05) is 6.92 Å². The first-order chi connectivity index (χ1) is 9.04. The molecule has 0 bridgehead atoms. The Kier molecular flexibility index (Phi) is 4.75. The standard InChI is InChI=1S/C15H25N3O/c1-12(2)10-17-8-6-14(7-9-17)11-18-15(19)5-4-13(3)16-18/h4-5,12,14H,6-11H2,1-3H3. The zero-order chi connectivity index (χ0) is 13.8. The van der Waals surface area contributed by atoms with E-state index in [2.05, 4.69) is 23.8 Å². The maximum Gasteiger partial charge on any atom is 0.266 e. The summed E-state index contributed by atoms with van der Waals surface area (Å²) >= 11 is 0. The van der Waals surface area contributed by atoms with Crippen molar-refractivity contribution in [1.29, 1.82) is 0 Å². The molecule has 106 valence electrons.